The first kappa shape index (κ1) is 19.8. The maximum Gasteiger partial charge on any atom is 0.228 e. The molecule has 2 aromatic carbocycles. The van der Waals surface area contributed by atoms with Crippen LogP contribution in [-0.2, 0) is 14.4 Å². The number of amides is 3. The summed E-state index contributed by atoms with van der Waals surface area (Å²) >= 11 is 1.33. The summed E-state index contributed by atoms with van der Waals surface area (Å²) in [6.07, 6.45) is 3.73. The van der Waals surface area contributed by atoms with E-state index in [9.17, 15) is 14.4 Å². The number of carbonyl (C=O) groups excluding carboxylic acids is 3. The van der Waals surface area contributed by atoms with Crippen molar-refractivity contribution in [2.75, 3.05) is 10.6 Å². The molecule has 1 aromatic heterocycles. The standard InChI is InChI=1S/C22H20N4O3S/c1-13(27)23-16-7-8-18-20(11-16)30-22(24-18)25-21(29)12-19-17-6-4-3-5-15(17)9-10-26(19)14(2)28/h3-11,19H,12H2,1-2H3,(H,23,27)(H,24,25,29). The molecule has 0 saturated heterocycles. The monoisotopic (exact) mass is 420 g/mol. The molecule has 0 saturated carbocycles. The Morgan fingerprint density at radius 3 is 2.67 bits per heavy atom. The van der Waals surface area contributed by atoms with Gasteiger partial charge in [-0.2, -0.15) is 0 Å². The minimum atomic E-state index is -0.371. The van der Waals surface area contributed by atoms with Crippen molar-refractivity contribution in [2.45, 2.75) is 26.3 Å². The SMILES string of the molecule is CC(=O)Nc1ccc2nc(NC(=O)CC3c4ccccc4C=CN3C(C)=O)sc2c1. The van der Waals surface area contributed by atoms with E-state index in [-0.39, 0.29) is 30.2 Å². The molecule has 0 aliphatic carbocycles. The number of aromatic nitrogens is 1. The predicted octanol–water partition coefficient (Wildman–Crippen LogP) is 4.16. The Balaban J connectivity index is 1.53. The highest BCUT2D eigenvalue weighted by Crippen LogP contribution is 2.34. The molecule has 0 bridgehead atoms. The van der Waals surface area contributed by atoms with Gasteiger partial charge in [0, 0.05) is 25.7 Å². The maximum absolute atomic E-state index is 12.8. The molecule has 0 radical (unpaired) electrons. The van der Waals surface area contributed by atoms with Gasteiger partial charge in [-0.3, -0.25) is 14.4 Å². The van der Waals surface area contributed by atoms with Crippen LogP contribution in [0.25, 0.3) is 16.3 Å². The summed E-state index contributed by atoms with van der Waals surface area (Å²) in [4.78, 5) is 42.1. The largest absolute Gasteiger partial charge is 0.326 e. The molecule has 1 unspecified atom stereocenters. The van der Waals surface area contributed by atoms with Crippen LogP contribution in [0.5, 0.6) is 0 Å². The molecule has 30 heavy (non-hydrogen) atoms. The molecule has 8 heteroatoms. The second kappa shape index (κ2) is 8.08. The quantitative estimate of drug-likeness (QED) is 0.663. The van der Waals surface area contributed by atoms with Gasteiger partial charge in [0.15, 0.2) is 5.13 Å². The molecule has 2 N–H and O–H groups in total. The van der Waals surface area contributed by atoms with E-state index in [0.29, 0.717) is 10.8 Å². The number of carbonyl (C=O) groups is 3. The molecule has 4 rings (SSSR count). The topological polar surface area (TPSA) is 91.4 Å². The van der Waals surface area contributed by atoms with Crippen molar-refractivity contribution in [2.24, 2.45) is 0 Å². The van der Waals surface area contributed by atoms with Crippen molar-refractivity contribution in [3.63, 3.8) is 0 Å². The fourth-order valence-corrected chi connectivity index (χ4v) is 4.44. The molecule has 1 aliphatic rings. The zero-order valence-electron chi connectivity index (χ0n) is 16.5. The molecular formula is C22H20N4O3S. The van der Waals surface area contributed by atoms with Crippen LogP contribution in [0.4, 0.5) is 10.8 Å². The summed E-state index contributed by atoms with van der Waals surface area (Å²) in [5.41, 5.74) is 3.35. The Morgan fingerprint density at radius 2 is 1.90 bits per heavy atom. The van der Waals surface area contributed by atoms with Crippen molar-refractivity contribution >= 4 is 56.2 Å². The summed E-state index contributed by atoms with van der Waals surface area (Å²) in [5.74, 6) is -0.495. The molecule has 0 fully saturated rings. The van der Waals surface area contributed by atoms with Gasteiger partial charge in [-0.15, -0.1) is 0 Å². The number of thiazole rings is 1. The van der Waals surface area contributed by atoms with E-state index < -0.39 is 0 Å². The minimum absolute atomic E-state index is 0.119. The van der Waals surface area contributed by atoms with E-state index in [1.807, 2.05) is 36.4 Å². The third-order valence-electron chi connectivity index (χ3n) is 4.80. The van der Waals surface area contributed by atoms with Gasteiger partial charge in [-0.1, -0.05) is 35.6 Å². The molecule has 152 valence electrons. The van der Waals surface area contributed by atoms with Crippen LogP contribution < -0.4 is 10.6 Å². The van der Waals surface area contributed by atoms with Crippen LogP contribution in [0.3, 0.4) is 0 Å². The van der Waals surface area contributed by atoms with Crippen molar-refractivity contribution in [1.29, 1.82) is 0 Å². The first-order chi connectivity index (χ1) is 14.4. The van der Waals surface area contributed by atoms with E-state index in [0.717, 1.165) is 21.3 Å². The zero-order chi connectivity index (χ0) is 21.3. The smallest absolute Gasteiger partial charge is 0.228 e. The van der Waals surface area contributed by atoms with Crippen LogP contribution in [0.2, 0.25) is 0 Å². The Bertz CT molecular complexity index is 1180. The van der Waals surface area contributed by atoms with Gasteiger partial charge < -0.3 is 15.5 Å². The van der Waals surface area contributed by atoms with Crippen LogP contribution >= 0.6 is 11.3 Å². The molecule has 3 aromatic rings. The highest BCUT2D eigenvalue weighted by molar-refractivity contribution is 7.22. The number of hydrogen-bond donors (Lipinski definition) is 2. The Morgan fingerprint density at radius 1 is 1.10 bits per heavy atom. The number of nitrogens with one attached hydrogen (secondary N) is 2. The van der Waals surface area contributed by atoms with E-state index >= 15 is 0 Å². The average molecular weight is 420 g/mol. The summed E-state index contributed by atoms with van der Waals surface area (Å²) in [6.45, 7) is 2.94. The fraction of sp³-hybridized carbons (Fsp3) is 0.182. The van der Waals surface area contributed by atoms with Crippen molar-refractivity contribution < 1.29 is 14.4 Å². The van der Waals surface area contributed by atoms with Crippen LogP contribution in [0, 0.1) is 0 Å². The van der Waals surface area contributed by atoms with Crippen molar-refractivity contribution in [3.8, 4) is 0 Å². The lowest BCUT2D eigenvalue weighted by Gasteiger charge is -2.32. The third-order valence-corrected chi connectivity index (χ3v) is 5.74. The van der Waals surface area contributed by atoms with E-state index in [4.69, 9.17) is 0 Å². The van der Waals surface area contributed by atoms with Crippen LogP contribution in [0.15, 0.2) is 48.7 Å². The van der Waals surface area contributed by atoms with Gasteiger partial charge in [-0.05, 0) is 35.4 Å². The number of fused-ring (bicyclic) bond motifs is 2. The van der Waals surface area contributed by atoms with E-state index in [1.165, 1.54) is 25.2 Å². The summed E-state index contributed by atoms with van der Waals surface area (Å²) in [5, 5.41) is 6.06. The molecular weight excluding hydrogens is 400 g/mol. The Kier molecular flexibility index (Phi) is 5.33. The van der Waals surface area contributed by atoms with Gasteiger partial charge in [-0.25, -0.2) is 4.98 Å². The van der Waals surface area contributed by atoms with E-state index in [2.05, 4.69) is 15.6 Å². The van der Waals surface area contributed by atoms with Crippen molar-refractivity contribution in [3.05, 3.63) is 59.8 Å². The van der Waals surface area contributed by atoms with Gasteiger partial charge in [0.25, 0.3) is 0 Å². The van der Waals surface area contributed by atoms with Crippen LogP contribution in [0.1, 0.15) is 37.4 Å². The molecule has 1 atom stereocenters. The summed E-state index contributed by atoms with van der Waals surface area (Å²) in [7, 11) is 0. The highest BCUT2D eigenvalue weighted by Gasteiger charge is 2.28. The molecule has 7 nitrogen and oxygen atoms in total. The second-order valence-electron chi connectivity index (χ2n) is 7.02. The average Bonchev–Trinajstić information content (AvgIpc) is 3.08. The normalized spacial score (nSPS) is 15.0. The molecule has 0 spiro atoms. The highest BCUT2D eigenvalue weighted by atomic mass is 32.1. The lowest BCUT2D eigenvalue weighted by molar-refractivity contribution is -0.129. The molecule has 3 amide bonds. The first-order valence-electron chi connectivity index (χ1n) is 9.45. The molecule has 1 aliphatic heterocycles. The van der Waals surface area contributed by atoms with Crippen LogP contribution in [-0.4, -0.2) is 27.6 Å². The van der Waals surface area contributed by atoms with Gasteiger partial charge in [0.2, 0.25) is 17.7 Å². The number of anilines is 2. The number of benzene rings is 2. The summed E-state index contributed by atoms with van der Waals surface area (Å²) in [6, 6.07) is 12.8. The van der Waals surface area contributed by atoms with Gasteiger partial charge >= 0.3 is 0 Å². The number of rotatable bonds is 4. The fourth-order valence-electron chi connectivity index (χ4n) is 3.52. The lowest BCUT2D eigenvalue weighted by Crippen LogP contribution is -2.33. The number of hydrogen-bond acceptors (Lipinski definition) is 5. The zero-order valence-corrected chi connectivity index (χ0v) is 17.3. The first-order valence-corrected chi connectivity index (χ1v) is 10.3. The lowest BCUT2D eigenvalue weighted by atomic mass is 9.93. The maximum atomic E-state index is 12.8. The minimum Gasteiger partial charge on any atom is -0.326 e. The summed E-state index contributed by atoms with van der Waals surface area (Å²) < 4.78 is 0.854. The predicted molar refractivity (Wildman–Crippen MR) is 118 cm³/mol. The number of nitrogens with zero attached hydrogens (tertiary/aromatic N) is 2. The van der Waals surface area contributed by atoms with Gasteiger partial charge in [0.1, 0.15) is 0 Å². The molecule has 2 heterocycles. The second-order valence-corrected chi connectivity index (χ2v) is 8.05. The van der Waals surface area contributed by atoms with Gasteiger partial charge in [0.05, 0.1) is 22.7 Å². The third kappa shape index (κ3) is 4.08. The Hall–Kier alpha value is -3.52. The van der Waals surface area contributed by atoms with E-state index in [1.54, 1.807) is 23.2 Å². The Labute approximate surface area is 177 Å². The van der Waals surface area contributed by atoms with Crippen molar-refractivity contribution in [1.82, 2.24) is 9.88 Å².